The van der Waals surface area contributed by atoms with E-state index in [4.69, 9.17) is 65.9 Å². The molecular formula is C46H42BBrCl5N5O9. The van der Waals surface area contributed by atoms with Gasteiger partial charge in [-0.15, -0.1) is 12.4 Å². The summed E-state index contributed by atoms with van der Waals surface area (Å²) in [6.07, 6.45) is 4.51. The first-order chi connectivity index (χ1) is 31.1. The largest absolute Gasteiger partial charge is 0.494 e. The third kappa shape index (κ3) is 15.7. The molecular weight excluding hydrogens is 1030 g/mol. The molecule has 0 unspecified atom stereocenters. The molecule has 1 aliphatic rings. The summed E-state index contributed by atoms with van der Waals surface area (Å²) < 4.78 is 12.7. The SMILES string of the molecule is CC1(C)OB(c2ccc(C=O)c(Cl)c2)OC1(C)C.CN(C)Cc1ccc(-c2cc(C(=O)O)ncn2)cc1Cl.Cl.O=Cc1ccc(-c2cc(C(=O)O)ncn2)cc1Cl.O=Cc1ccc(Br)cc1Cl. The van der Waals surface area contributed by atoms with Gasteiger partial charge in [-0.2, -0.15) is 0 Å². The Bertz CT molecular complexity index is 2730. The van der Waals surface area contributed by atoms with E-state index < -0.39 is 19.1 Å². The number of hydrogen-bond donors (Lipinski definition) is 2. The lowest BCUT2D eigenvalue weighted by Crippen LogP contribution is -2.41. The van der Waals surface area contributed by atoms with E-state index in [9.17, 15) is 24.0 Å². The molecule has 1 saturated heterocycles. The average Bonchev–Trinajstić information content (AvgIpc) is 3.50. The van der Waals surface area contributed by atoms with E-state index in [0.29, 0.717) is 55.0 Å². The van der Waals surface area contributed by atoms with Gasteiger partial charge in [0, 0.05) is 43.9 Å². The van der Waals surface area contributed by atoms with Crippen molar-refractivity contribution < 1.29 is 43.5 Å². The second-order valence-corrected chi connectivity index (χ2v) is 17.9. The van der Waals surface area contributed by atoms with Crippen LogP contribution in [0.25, 0.3) is 22.5 Å². The molecule has 1 fully saturated rings. The van der Waals surface area contributed by atoms with Crippen LogP contribution < -0.4 is 5.46 Å². The molecule has 1 aliphatic heterocycles. The summed E-state index contributed by atoms with van der Waals surface area (Å²) >= 11 is 27.0. The minimum atomic E-state index is -1.13. The highest BCUT2D eigenvalue weighted by atomic mass is 79.9. The summed E-state index contributed by atoms with van der Waals surface area (Å²) in [5.41, 5.74) is 4.64. The highest BCUT2D eigenvalue weighted by Gasteiger charge is 2.51. The normalized spacial score (nSPS) is 13.0. The Balaban J connectivity index is 0.000000241. The Morgan fingerprint density at radius 3 is 1.45 bits per heavy atom. The minimum Gasteiger partial charge on any atom is -0.477 e. The van der Waals surface area contributed by atoms with Crippen LogP contribution >= 0.6 is 74.7 Å². The number of hydrogen-bond acceptors (Lipinski definition) is 12. The van der Waals surface area contributed by atoms with Gasteiger partial charge in [0.2, 0.25) is 0 Å². The fourth-order valence-electron chi connectivity index (χ4n) is 5.58. The van der Waals surface area contributed by atoms with Crippen molar-refractivity contribution in [2.45, 2.75) is 45.4 Å². The maximum absolute atomic E-state index is 10.9. The molecule has 4 aromatic carbocycles. The zero-order chi connectivity index (χ0) is 48.9. The summed E-state index contributed by atoms with van der Waals surface area (Å²) in [6.45, 7) is 8.72. The number of carbonyl (C=O) groups is 5. The standard InChI is InChI=1S/C14H14ClN3O2.C13H16BClO3.C12H7ClN2O3.C7H4BrClO.ClH/c1-18(2)7-10-4-3-9(5-11(10)15)12-6-13(14(19)20)17-8-16-12;1-12(2)13(3,4)18-14(17-12)10-6-5-9(8-16)11(15)7-10;13-9-3-7(1-2-8(9)5-16)10-4-11(12(17)18)15-6-14-10;8-6-2-1-5(4-10)7(9)3-6;/h3-6,8H,7H2,1-2H3,(H,19,20);5-8H,1-4H3;1-6H,(H,17,18);1-4H;1H. The number of aromatic carboxylic acids is 2. The number of carbonyl (C=O) groups excluding carboxylic acids is 3. The fraction of sp³-hybridized carbons (Fsp3) is 0.196. The Morgan fingerprint density at radius 2 is 1.04 bits per heavy atom. The van der Waals surface area contributed by atoms with Crippen LogP contribution in [0.5, 0.6) is 0 Å². The number of carboxylic acids is 2. The first-order valence-corrected chi connectivity index (χ1v) is 21.7. The summed E-state index contributed by atoms with van der Waals surface area (Å²) in [4.78, 5) is 70.7. The van der Waals surface area contributed by atoms with E-state index in [-0.39, 0.29) is 40.0 Å². The van der Waals surface area contributed by atoms with Crippen molar-refractivity contribution in [2.75, 3.05) is 14.1 Å². The maximum Gasteiger partial charge on any atom is 0.494 e. The molecule has 0 aliphatic carbocycles. The number of aldehydes is 3. The Morgan fingerprint density at radius 1 is 0.627 bits per heavy atom. The second kappa shape index (κ2) is 25.3. The van der Waals surface area contributed by atoms with Crippen molar-refractivity contribution in [1.29, 1.82) is 0 Å². The molecule has 2 aromatic heterocycles. The molecule has 0 atom stereocenters. The molecule has 3 heterocycles. The first-order valence-electron chi connectivity index (χ1n) is 19.4. The number of aromatic nitrogens is 4. The molecule has 6 aromatic rings. The number of rotatable bonds is 10. The monoisotopic (exact) mass is 1070 g/mol. The van der Waals surface area contributed by atoms with Crippen molar-refractivity contribution in [3.8, 4) is 22.5 Å². The summed E-state index contributed by atoms with van der Waals surface area (Å²) in [6, 6.07) is 23.4. The van der Waals surface area contributed by atoms with Crippen LogP contribution in [-0.2, 0) is 15.9 Å². The van der Waals surface area contributed by atoms with Gasteiger partial charge in [0.05, 0.1) is 37.7 Å². The van der Waals surface area contributed by atoms with Gasteiger partial charge < -0.3 is 24.4 Å². The second-order valence-electron chi connectivity index (χ2n) is 15.4. The summed E-state index contributed by atoms with van der Waals surface area (Å²) in [7, 11) is 3.48. The van der Waals surface area contributed by atoms with Gasteiger partial charge in [-0.1, -0.05) is 92.7 Å². The van der Waals surface area contributed by atoms with Crippen molar-refractivity contribution in [1.82, 2.24) is 24.8 Å². The van der Waals surface area contributed by atoms with Crippen LogP contribution in [0.1, 0.15) is 85.3 Å². The van der Waals surface area contributed by atoms with E-state index in [1.165, 1.54) is 24.8 Å². The van der Waals surface area contributed by atoms with Crippen LogP contribution in [0, 0.1) is 0 Å². The zero-order valence-corrected chi connectivity index (χ0v) is 42.0. The highest BCUT2D eigenvalue weighted by Crippen LogP contribution is 2.37. The van der Waals surface area contributed by atoms with E-state index in [2.05, 4.69) is 35.9 Å². The van der Waals surface area contributed by atoms with E-state index in [1.54, 1.807) is 60.7 Å². The number of halogens is 6. The minimum absolute atomic E-state index is 0. The van der Waals surface area contributed by atoms with E-state index in [1.807, 2.05) is 58.8 Å². The van der Waals surface area contributed by atoms with Gasteiger partial charge in [0.15, 0.2) is 30.2 Å². The van der Waals surface area contributed by atoms with Crippen LogP contribution in [0.15, 0.2) is 102 Å². The fourth-order valence-corrected chi connectivity index (χ4v) is 7.00. The highest BCUT2D eigenvalue weighted by molar-refractivity contribution is 9.10. The molecule has 0 radical (unpaired) electrons. The maximum atomic E-state index is 10.9. The first kappa shape index (κ1) is 56.2. The third-order valence-corrected chi connectivity index (χ3v) is 11.6. The predicted octanol–water partition coefficient (Wildman–Crippen LogP) is 10.7. The molecule has 7 rings (SSSR count). The zero-order valence-electron chi connectivity index (χ0n) is 36.5. The molecule has 14 nitrogen and oxygen atoms in total. The van der Waals surface area contributed by atoms with Gasteiger partial charge >= 0.3 is 19.1 Å². The average molecular weight is 1080 g/mol. The Kier molecular flexibility index (Phi) is 21.2. The lowest BCUT2D eigenvalue weighted by Gasteiger charge is -2.32. The quantitative estimate of drug-likeness (QED) is 0.0970. The molecule has 0 bridgehead atoms. The molecule has 2 N–H and O–H groups in total. The van der Waals surface area contributed by atoms with Gasteiger partial charge in [0.1, 0.15) is 12.7 Å². The molecule has 0 amide bonds. The van der Waals surface area contributed by atoms with Crippen LogP contribution in [0.4, 0.5) is 0 Å². The lowest BCUT2D eigenvalue weighted by atomic mass is 9.79. The Labute approximate surface area is 421 Å². The van der Waals surface area contributed by atoms with Crippen LogP contribution in [-0.4, -0.2) is 98.3 Å². The van der Waals surface area contributed by atoms with Gasteiger partial charge in [-0.25, -0.2) is 29.5 Å². The van der Waals surface area contributed by atoms with Crippen molar-refractivity contribution in [3.05, 3.63) is 156 Å². The van der Waals surface area contributed by atoms with Gasteiger partial charge in [-0.3, -0.25) is 14.4 Å². The number of carboxylic acid groups (broad SMARTS) is 2. The molecule has 67 heavy (non-hydrogen) atoms. The van der Waals surface area contributed by atoms with Crippen molar-refractivity contribution in [3.63, 3.8) is 0 Å². The summed E-state index contributed by atoms with van der Waals surface area (Å²) in [5.74, 6) is -2.21. The predicted molar refractivity (Wildman–Crippen MR) is 266 cm³/mol. The Hall–Kier alpha value is -5.14. The topological polar surface area (TPSA) is 199 Å². The number of benzene rings is 4. The van der Waals surface area contributed by atoms with Crippen molar-refractivity contribution in [2.24, 2.45) is 0 Å². The molecule has 350 valence electrons. The van der Waals surface area contributed by atoms with E-state index >= 15 is 0 Å². The molecule has 21 heteroatoms. The van der Waals surface area contributed by atoms with Gasteiger partial charge in [0.25, 0.3) is 0 Å². The smallest absolute Gasteiger partial charge is 0.477 e. The number of nitrogens with zero attached hydrogens (tertiary/aromatic N) is 5. The third-order valence-electron chi connectivity index (χ3n) is 9.80. The summed E-state index contributed by atoms with van der Waals surface area (Å²) in [5, 5.41) is 19.6. The van der Waals surface area contributed by atoms with E-state index in [0.717, 1.165) is 40.2 Å². The van der Waals surface area contributed by atoms with Crippen molar-refractivity contribution >= 4 is 118 Å². The molecule has 0 saturated carbocycles. The lowest BCUT2D eigenvalue weighted by molar-refractivity contribution is 0.00578. The van der Waals surface area contributed by atoms with Gasteiger partial charge in [-0.05, 0) is 107 Å². The van der Waals surface area contributed by atoms with Crippen LogP contribution in [0.2, 0.25) is 20.1 Å². The van der Waals surface area contributed by atoms with Crippen LogP contribution in [0.3, 0.4) is 0 Å². The molecule has 0 spiro atoms.